The van der Waals surface area contributed by atoms with E-state index in [0.29, 0.717) is 11.4 Å². The Bertz CT molecular complexity index is 412. The molecule has 0 aromatic carbocycles. The summed E-state index contributed by atoms with van der Waals surface area (Å²) in [4.78, 5) is 14.6. The normalized spacial score (nSPS) is 14.8. The monoisotopic (exact) mass is 239 g/mol. The first-order chi connectivity index (χ1) is 7.88. The lowest BCUT2D eigenvalue weighted by Crippen LogP contribution is -2.48. The number of hydrogen-bond acceptors (Lipinski definition) is 4. The van der Waals surface area contributed by atoms with Crippen molar-refractivity contribution in [3.8, 4) is 5.75 Å². The number of carbonyl (C=O) groups excluding carboxylic acids is 1. The molecular formula is C12H21N3O2. The number of rotatable bonds is 5. The maximum atomic E-state index is 12.6. The molecule has 96 valence electrons. The van der Waals surface area contributed by atoms with Crippen molar-refractivity contribution in [1.29, 1.82) is 0 Å². The van der Waals surface area contributed by atoms with Gasteiger partial charge in [-0.3, -0.25) is 14.4 Å². The van der Waals surface area contributed by atoms with Crippen LogP contribution in [0.1, 0.15) is 30.8 Å². The fourth-order valence-electron chi connectivity index (χ4n) is 1.76. The van der Waals surface area contributed by atoms with E-state index in [4.69, 9.17) is 4.74 Å². The minimum Gasteiger partial charge on any atom is -0.493 e. The summed E-state index contributed by atoms with van der Waals surface area (Å²) in [5, 5.41) is 4.07. The van der Waals surface area contributed by atoms with E-state index < -0.39 is 5.54 Å². The van der Waals surface area contributed by atoms with Crippen molar-refractivity contribution in [3.63, 3.8) is 0 Å². The Balaban J connectivity index is 3.23. The number of likely N-dealkylation sites (N-methyl/N-ethyl adjacent to an activating group) is 1. The molecule has 1 heterocycles. The number of hydrogen-bond donors (Lipinski definition) is 0. The largest absolute Gasteiger partial charge is 0.493 e. The van der Waals surface area contributed by atoms with Crippen LogP contribution in [0.5, 0.6) is 5.75 Å². The van der Waals surface area contributed by atoms with E-state index in [9.17, 15) is 4.79 Å². The van der Waals surface area contributed by atoms with Crippen molar-refractivity contribution in [3.05, 3.63) is 11.9 Å². The number of carbonyl (C=O) groups is 1. The van der Waals surface area contributed by atoms with Crippen LogP contribution in [-0.4, -0.2) is 47.2 Å². The van der Waals surface area contributed by atoms with E-state index in [1.807, 2.05) is 32.8 Å². The molecule has 0 fully saturated rings. The molecule has 0 amide bonds. The van der Waals surface area contributed by atoms with Gasteiger partial charge in [0.25, 0.3) is 0 Å². The van der Waals surface area contributed by atoms with Crippen LogP contribution in [0.15, 0.2) is 6.20 Å². The SMILES string of the molecule is CCC(C)(C(=O)c1c(OC)cnn1C)N(C)C. The molecule has 5 heteroatoms. The van der Waals surface area contributed by atoms with Gasteiger partial charge < -0.3 is 4.74 Å². The Morgan fingerprint density at radius 3 is 2.59 bits per heavy atom. The molecule has 0 N–H and O–H groups in total. The van der Waals surface area contributed by atoms with Gasteiger partial charge in [-0.25, -0.2) is 0 Å². The van der Waals surface area contributed by atoms with Gasteiger partial charge >= 0.3 is 0 Å². The molecule has 0 aliphatic heterocycles. The van der Waals surface area contributed by atoms with Crippen LogP contribution in [0.3, 0.4) is 0 Å². The van der Waals surface area contributed by atoms with Crippen LogP contribution in [0, 0.1) is 0 Å². The Kier molecular flexibility index (Phi) is 3.93. The van der Waals surface area contributed by atoms with Crippen LogP contribution in [0.25, 0.3) is 0 Å². The minimum atomic E-state index is -0.541. The molecule has 17 heavy (non-hydrogen) atoms. The van der Waals surface area contributed by atoms with E-state index >= 15 is 0 Å². The number of Topliss-reactive ketones (excluding diaryl/α,β-unsaturated/α-hetero) is 1. The summed E-state index contributed by atoms with van der Waals surface area (Å²) in [5.41, 5.74) is -0.0216. The van der Waals surface area contributed by atoms with Crippen molar-refractivity contribution < 1.29 is 9.53 Å². The Labute approximate surface area is 102 Å². The molecule has 0 saturated carbocycles. The average molecular weight is 239 g/mol. The summed E-state index contributed by atoms with van der Waals surface area (Å²) in [6.45, 7) is 3.93. The van der Waals surface area contributed by atoms with Gasteiger partial charge in [-0.15, -0.1) is 0 Å². The lowest BCUT2D eigenvalue weighted by molar-refractivity contribution is 0.0696. The Morgan fingerprint density at radius 2 is 2.18 bits per heavy atom. The van der Waals surface area contributed by atoms with Crippen LogP contribution < -0.4 is 4.74 Å². The highest BCUT2D eigenvalue weighted by Crippen LogP contribution is 2.27. The zero-order chi connectivity index (χ0) is 13.2. The smallest absolute Gasteiger partial charge is 0.204 e. The highest BCUT2D eigenvalue weighted by molar-refractivity contribution is 6.03. The zero-order valence-electron chi connectivity index (χ0n) is 11.4. The van der Waals surface area contributed by atoms with E-state index in [0.717, 1.165) is 6.42 Å². The summed E-state index contributed by atoms with van der Waals surface area (Å²) in [6, 6.07) is 0. The summed E-state index contributed by atoms with van der Waals surface area (Å²) >= 11 is 0. The van der Waals surface area contributed by atoms with Crippen molar-refractivity contribution in [2.45, 2.75) is 25.8 Å². The average Bonchev–Trinajstić information content (AvgIpc) is 2.67. The van der Waals surface area contributed by atoms with E-state index in [-0.39, 0.29) is 5.78 Å². The number of nitrogens with zero attached hydrogens (tertiary/aromatic N) is 3. The van der Waals surface area contributed by atoms with Crippen LogP contribution in [0.2, 0.25) is 0 Å². The van der Waals surface area contributed by atoms with Gasteiger partial charge in [0, 0.05) is 7.05 Å². The molecule has 0 spiro atoms. The lowest BCUT2D eigenvalue weighted by atomic mass is 9.89. The molecule has 0 radical (unpaired) electrons. The van der Waals surface area contributed by atoms with Crippen LogP contribution >= 0.6 is 0 Å². The van der Waals surface area contributed by atoms with E-state index in [1.54, 1.807) is 25.0 Å². The third-order valence-electron chi connectivity index (χ3n) is 3.50. The van der Waals surface area contributed by atoms with Gasteiger partial charge in [0.05, 0.1) is 18.8 Å². The van der Waals surface area contributed by atoms with Gasteiger partial charge in [0.15, 0.2) is 5.75 Å². The third-order valence-corrected chi connectivity index (χ3v) is 3.50. The van der Waals surface area contributed by atoms with Crippen molar-refractivity contribution >= 4 is 5.78 Å². The molecule has 1 rings (SSSR count). The molecule has 1 aromatic rings. The van der Waals surface area contributed by atoms with Crippen molar-refractivity contribution in [2.75, 3.05) is 21.2 Å². The highest BCUT2D eigenvalue weighted by atomic mass is 16.5. The first-order valence-electron chi connectivity index (χ1n) is 5.66. The molecule has 1 aromatic heterocycles. The molecule has 0 aliphatic carbocycles. The number of methoxy groups -OCH3 is 1. The minimum absolute atomic E-state index is 0.0295. The second kappa shape index (κ2) is 4.87. The molecule has 1 unspecified atom stereocenters. The summed E-state index contributed by atoms with van der Waals surface area (Å²) in [6.07, 6.45) is 2.30. The maximum Gasteiger partial charge on any atom is 0.204 e. The van der Waals surface area contributed by atoms with Crippen molar-refractivity contribution in [1.82, 2.24) is 14.7 Å². The van der Waals surface area contributed by atoms with Crippen molar-refractivity contribution in [2.24, 2.45) is 7.05 Å². The van der Waals surface area contributed by atoms with Gasteiger partial charge in [0.1, 0.15) is 5.69 Å². The Hall–Kier alpha value is -1.36. The van der Waals surface area contributed by atoms with Gasteiger partial charge in [-0.1, -0.05) is 6.92 Å². The van der Waals surface area contributed by atoms with Crippen LogP contribution in [-0.2, 0) is 7.05 Å². The third kappa shape index (κ3) is 2.20. The fraction of sp³-hybridized carbons (Fsp3) is 0.667. The second-order valence-electron chi connectivity index (χ2n) is 4.54. The number of aryl methyl sites for hydroxylation is 1. The first-order valence-corrected chi connectivity index (χ1v) is 5.66. The Morgan fingerprint density at radius 1 is 1.59 bits per heavy atom. The van der Waals surface area contributed by atoms with E-state index in [2.05, 4.69) is 5.10 Å². The zero-order valence-corrected chi connectivity index (χ0v) is 11.4. The predicted octanol–water partition coefficient (Wildman–Crippen LogP) is 1.34. The second-order valence-corrected chi connectivity index (χ2v) is 4.54. The summed E-state index contributed by atoms with van der Waals surface area (Å²) < 4.78 is 6.75. The first kappa shape index (κ1) is 13.7. The molecular weight excluding hydrogens is 218 g/mol. The number of aromatic nitrogens is 2. The predicted molar refractivity (Wildman–Crippen MR) is 66.5 cm³/mol. The molecule has 1 atom stereocenters. The number of ether oxygens (including phenoxy) is 1. The van der Waals surface area contributed by atoms with Gasteiger partial charge in [-0.2, -0.15) is 5.10 Å². The summed E-state index contributed by atoms with van der Waals surface area (Å²) in [5.74, 6) is 0.556. The lowest BCUT2D eigenvalue weighted by Gasteiger charge is -2.33. The highest BCUT2D eigenvalue weighted by Gasteiger charge is 2.37. The van der Waals surface area contributed by atoms with E-state index in [1.165, 1.54) is 0 Å². The number of ketones is 1. The fourth-order valence-corrected chi connectivity index (χ4v) is 1.76. The van der Waals surface area contributed by atoms with Gasteiger partial charge in [-0.05, 0) is 27.4 Å². The summed E-state index contributed by atoms with van der Waals surface area (Å²) in [7, 11) is 7.11. The molecule has 5 nitrogen and oxygen atoms in total. The molecule has 0 aliphatic rings. The molecule has 0 bridgehead atoms. The standard InChI is InChI=1S/C12H21N3O2/c1-7-12(2,14(3)4)11(16)10-9(17-6)8-13-15(10)5/h8H,7H2,1-6H3. The maximum absolute atomic E-state index is 12.6. The molecule has 0 saturated heterocycles. The quantitative estimate of drug-likeness (QED) is 0.728. The topological polar surface area (TPSA) is 47.4 Å². The van der Waals surface area contributed by atoms with Crippen LogP contribution in [0.4, 0.5) is 0 Å². The van der Waals surface area contributed by atoms with Gasteiger partial charge in [0.2, 0.25) is 5.78 Å².